The minimum absolute atomic E-state index is 0.261. The Morgan fingerprint density at radius 2 is 1.86 bits per heavy atom. The number of aryl methyl sites for hydroxylation is 1. The molecule has 3 heterocycles. The lowest BCUT2D eigenvalue weighted by Crippen LogP contribution is -2.33. The van der Waals surface area contributed by atoms with Crippen LogP contribution in [0, 0.1) is 0 Å². The van der Waals surface area contributed by atoms with E-state index < -0.39 is 17.4 Å². The Kier molecular flexibility index (Phi) is 8.09. The number of rotatable bonds is 10. The molecule has 0 spiro atoms. The summed E-state index contributed by atoms with van der Waals surface area (Å²) in [5.41, 5.74) is 8.40. The highest BCUT2D eigenvalue weighted by Gasteiger charge is 2.18. The summed E-state index contributed by atoms with van der Waals surface area (Å²) in [6, 6.07) is 14.2. The molecule has 3 amide bonds. The molecule has 0 aliphatic carbocycles. The number of aliphatic hydroxyl groups is 1. The minimum Gasteiger partial charge on any atom is -0.390 e. The van der Waals surface area contributed by atoms with Gasteiger partial charge >= 0.3 is 0 Å². The molecular formula is C30H29N7O4S. The van der Waals surface area contributed by atoms with Gasteiger partial charge in [0.15, 0.2) is 0 Å². The van der Waals surface area contributed by atoms with Gasteiger partial charge in [-0.3, -0.25) is 24.0 Å². The van der Waals surface area contributed by atoms with Crippen molar-refractivity contribution in [3.05, 3.63) is 83.8 Å². The summed E-state index contributed by atoms with van der Waals surface area (Å²) in [4.78, 5) is 45.4. The van der Waals surface area contributed by atoms with Gasteiger partial charge in [0.25, 0.3) is 11.8 Å². The molecule has 5 rings (SSSR count). The van der Waals surface area contributed by atoms with E-state index in [0.29, 0.717) is 40.3 Å². The fourth-order valence-electron chi connectivity index (χ4n) is 4.22. The molecule has 0 aliphatic heterocycles. The van der Waals surface area contributed by atoms with Crippen molar-refractivity contribution in [1.82, 2.24) is 25.1 Å². The average Bonchev–Trinajstić information content (AvgIpc) is 3.62. The average molecular weight is 584 g/mol. The second-order valence-electron chi connectivity index (χ2n) is 10.4. The van der Waals surface area contributed by atoms with Crippen molar-refractivity contribution in [2.75, 3.05) is 11.9 Å². The maximum absolute atomic E-state index is 13.3. The number of primary amides is 1. The number of thiazole rings is 1. The Labute approximate surface area is 245 Å². The van der Waals surface area contributed by atoms with Crippen LogP contribution in [0.25, 0.3) is 32.6 Å². The van der Waals surface area contributed by atoms with Crippen LogP contribution in [0.1, 0.15) is 41.1 Å². The summed E-state index contributed by atoms with van der Waals surface area (Å²) < 4.78 is 1.77. The molecule has 2 aromatic carbocycles. The van der Waals surface area contributed by atoms with Gasteiger partial charge < -0.3 is 21.5 Å². The Morgan fingerprint density at radius 1 is 1.07 bits per heavy atom. The number of nitrogens with one attached hydrogen (secondary N) is 2. The molecule has 0 unspecified atom stereocenters. The molecule has 0 saturated heterocycles. The third-order valence-electron chi connectivity index (χ3n) is 6.42. The van der Waals surface area contributed by atoms with Crippen molar-refractivity contribution in [3.8, 4) is 21.7 Å². The molecule has 0 bridgehead atoms. The van der Waals surface area contributed by atoms with Crippen LogP contribution >= 0.6 is 11.3 Å². The van der Waals surface area contributed by atoms with Crippen LogP contribution in [0.5, 0.6) is 0 Å². The van der Waals surface area contributed by atoms with Gasteiger partial charge in [-0.1, -0.05) is 12.1 Å². The first kappa shape index (κ1) is 28.6. The van der Waals surface area contributed by atoms with Crippen LogP contribution in [-0.4, -0.2) is 54.7 Å². The molecule has 42 heavy (non-hydrogen) atoms. The fraction of sp³-hybridized carbons (Fsp3) is 0.200. The summed E-state index contributed by atoms with van der Waals surface area (Å²) in [6.07, 6.45) is 5.76. The summed E-state index contributed by atoms with van der Waals surface area (Å²) >= 11 is 1.35. The van der Waals surface area contributed by atoms with Gasteiger partial charge in [0, 0.05) is 58.3 Å². The highest BCUT2D eigenvalue weighted by molar-refractivity contribution is 7.13. The predicted molar refractivity (Wildman–Crippen MR) is 161 cm³/mol. The van der Waals surface area contributed by atoms with E-state index in [-0.39, 0.29) is 18.1 Å². The van der Waals surface area contributed by atoms with Gasteiger partial charge in [0.2, 0.25) is 5.91 Å². The quantitative estimate of drug-likeness (QED) is 0.194. The van der Waals surface area contributed by atoms with Crippen LogP contribution in [-0.2, 0) is 11.3 Å². The second-order valence-corrected chi connectivity index (χ2v) is 11.2. The Bertz CT molecular complexity index is 1760. The number of amides is 3. The number of carbonyl (C=O) groups excluding carboxylic acids is 3. The summed E-state index contributed by atoms with van der Waals surface area (Å²) in [5.74, 6) is -1.44. The van der Waals surface area contributed by atoms with Crippen LogP contribution < -0.4 is 16.4 Å². The number of pyridine rings is 1. The lowest BCUT2D eigenvalue weighted by atomic mass is 10.00. The van der Waals surface area contributed by atoms with Crippen molar-refractivity contribution in [1.29, 1.82) is 0 Å². The van der Waals surface area contributed by atoms with Crippen LogP contribution in [0.4, 0.5) is 5.69 Å². The maximum Gasteiger partial charge on any atom is 0.275 e. The van der Waals surface area contributed by atoms with Crippen molar-refractivity contribution in [3.63, 3.8) is 0 Å². The van der Waals surface area contributed by atoms with Crippen molar-refractivity contribution in [2.45, 2.75) is 32.4 Å². The SMILES string of the molecule is CC(C)(O)CCn1cc2cc(NC(=O)c3csc(-c4cccnc4)n3)c(-c3ccc(C(=O)NCC(N)=O)cc3)cc2n1. The maximum atomic E-state index is 13.3. The molecule has 3 aromatic heterocycles. The molecule has 0 saturated carbocycles. The van der Waals surface area contributed by atoms with E-state index in [0.717, 1.165) is 16.5 Å². The number of hydrogen-bond acceptors (Lipinski definition) is 8. The van der Waals surface area contributed by atoms with Gasteiger partial charge in [-0.2, -0.15) is 5.10 Å². The summed E-state index contributed by atoms with van der Waals surface area (Å²) in [7, 11) is 0. The standard InChI is InChI=1S/C30H29N7O4S/c1-30(2,41)9-11-37-16-21-12-24(34-28(40)25-17-42-29(35-25)20-4-3-10-32-14-20)22(13-23(21)36-37)18-5-7-19(8-6-18)27(39)33-15-26(31)38/h3-8,10,12-14,16-17,41H,9,11,15H2,1-2H3,(H2,31,38)(H,33,39)(H,34,40). The van der Waals surface area contributed by atoms with Crippen molar-refractivity contribution >= 4 is 45.6 Å². The fourth-order valence-corrected chi connectivity index (χ4v) is 5.02. The number of fused-ring (bicyclic) bond motifs is 1. The van der Waals surface area contributed by atoms with Crippen LogP contribution in [0.3, 0.4) is 0 Å². The molecule has 0 radical (unpaired) electrons. The smallest absolute Gasteiger partial charge is 0.275 e. The molecule has 0 fully saturated rings. The second kappa shape index (κ2) is 11.9. The van der Waals surface area contributed by atoms with Crippen LogP contribution in [0.2, 0.25) is 0 Å². The number of hydrogen-bond donors (Lipinski definition) is 4. The molecule has 5 N–H and O–H groups in total. The van der Waals surface area contributed by atoms with Gasteiger partial charge in [0.1, 0.15) is 10.7 Å². The van der Waals surface area contributed by atoms with Crippen molar-refractivity contribution in [2.24, 2.45) is 5.73 Å². The van der Waals surface area contributed by atoms with E-state index in [1.54, 1.807) is 60.6 Å². The zero-order valence-electron chi connectivity index (χ0n) is 23.0. The Balaban J connectivity index is 1.47. The van der Waals surface area contributed by atoms with Gasteiger partial charge in [0.05, 0.1) is 17.7 Å². The van der Waals surface area contributed by atoms with Gasteiger partial charge in [-0.05, 0) is 62.2 Å². The third kappa shape index (κ3) is 6.85. The predicted octanol–water partition coefficient (Wildman–Crippen LogP) is 3.85. The zero-order chi connectivity index (χ0) is 29.9. The summed E-state index contributed by atoms with van der Waals surface area (Å²) in [5, 5.41) is 23.5. The molecule has 11 nitrogen and oxygen atoms in total. The third-order valence-corrected chi connectivity index (χ3v) is 7.31. The lowest BCUT2D eigenvalue weighted by Gasteiger charge is -2.16. The van der Waals surface area contributed by atoms with E-state index in [1.807, 2.05) is 30.5 Å². The molecule has 12 heteroatoms. The normalized spacial score (nSPS) is 11.4. The minimum atomic E-state index is -0.837. The Morgan fingerprint density at radius 3 is 2.55 bits per heavy atom. The first-order chi connectivity index (χ1) is 20.1. The number of nitrogens with zero attached hydrogens (tertiary/aromatic N) is 4. The topological polar surface area (TPSA) is 165 Å². The number of anilines is 1. The lowest BCUT2D eigenvalue weighted by molar-refractivity contribution is -0.117. The van der Waals surface area contributed by atoms with E-state index in [4.69, 9.17) is 5.73 Å². The zero-order valence-corrected chi connectivity index (χ0v) is 23.8. The monoisotopic (exact) mass is 583 g/mol. The van der Waals surface area contributed by atoms with E-state index in [2.05, 4.69) is 25.7 Å². The van der Waals surface area contributed by atoms with Gasteiger partial charge in [-0.25, -0.2) is 4.98 Å². The van der Waals surface area contributed by atoms with Crippen molar-refractivity contribution < 1.29 is 19.5 Å². The number of carbonyl (C=O) groups is 3. The number of nitrogens with two attached hydrogens (primary N) is 1. The van der Waals surface area contributed by atoms with Gasteiger partial charge in [-0.15, -0.1) is 11.3 Å². The highest BCUT2D eigenvalue weighted by atomic mass is 32.1. The van der Waals surface area contributed by atoms with E-state index in [9.17, 15) is 19.5 Å². The molecular weight excluding hydrogens is 554 g/mol. The Hall–Kier alpha value is -4.94. The van der Waals surface area contributed by atoms with E-state index in [1.165, 1.54) is 11.3 Å². The highest BCUT2D eigenvalue weighted by Crippen LogP contribution is 2.33. The summed E-state index contributed by atoms with van der Waals surface area (Å²) in [6.45, 7) is 3.75. The van der Waals surface area contributed by atoms with Crippen LogP contribution in [0.15, 0.2) is 72.5 Å². The molecule has 214 valence electrons. The largest absolute Gasteiger partial charge is 0.390 e. The number of aromatic nitrogens is 4. The molecule has 0 atom stereocenters. The van der Waals surface area contributed by atoms with E-state index >= 15 is 0 Å². The molecule has 5 aromatic rings. The molecule has 0 aliphatic rings. The number of benzene rings is 2. The first-order valence-electron chi connectivity index (χ1n) is 13.1. The first-order valence-corrected chi connectivity index (χ1v) is 14.0.